The first kappa shape index (κ1) is 13.1. The summed E-state index contributed by atoms with van der Waals surface area (Å²) in [6, 6.07) is 2.22. The smallest absolute Gasteiger partial charge is 0.180 e. The van der Waals surface area contributed by atoms with Crippen molar-refractivity contribution < 1.29 is 0 Å². The van der Waals surface area contributed by atoms with Crippen molar-refractivity contribution in [3.8, 4) is 11.3 Å². The second-order valence-corrected chi connectivity index (χ2v) is 6.48. The van der Waals surface area contributed by atoms with Gasteiger partial charge in [-0.15, -0.1) is 11.3 Å². The molecule has 0 atom stereocenters. The third-order valence-corrected chi connectivity index (χ3v) is 3.99. The number of rotatable bonds is 3. The van der Waals surface area contributed by atoms with E-state index < -0.39 is 0 Å². The Morgan fingerprint density at radius 2 is 2.00 bits per heavy atom. The van der Waals surface area contributed by atoms with Crippen molar-refractivity contribution in [2.45, 2.75) is 41.2 Å². The van der Waals surface area contributed by atoms with Gasteiger partial charge in [0.1, 0.15) is 0 Å². The van der Waals surface area contributed by atoms with E-state index in [2.05, 4.69) is 50.2 Å². The van der Waals surface area contributed by atoms with Gasteiger partial charge in [0.25, 0.3) is 0 Å². The zero-order valence-corrected chi connectivity index (χ0v) is 12.6. The van der Waals surface area contributed by atoms with Crippen LogP contribution in [0.2, 0.25) is 0 Å². The number of aromatic nitrogens is 2. The van der Waals surface area contributed by atoms with E-state index in [1.165, 1.54) is 21.8 Å². The number of hydrogen-bond acceptors (Lipinski definition) is 3. The second-order valence-electron chi connectivity index (χ2n) is 5.25. The average Bonchev–Trinajstić information content (AvgIpc) is 2.72. The van der Waals surface area contributed by atoms with Crippen LogP contribution in [-0.4, -0.2) is 9.55 Å². The van der Waals surface area contributed by atoms with E-state index in [-0.39, 0.29) is 0 Å². The fourth-order valence-electron chi connectivity index (χ4n) is 2.35. The van der Waals surface area contributed by atoms with Crippen molar-refractivity contribution in [1.82, 2.24) is 9.55 Å². The average molecular weight is 263 g/mol. The van der Waals surface area contributed by atoms with Crippen molar-refractivity contribution in [2.24, 2.45) is 5.92 Å². The molecule has 2 aromatic rings. The maximum atomic E-state index is 5.79. The van der Waals surface area contributed by atoms with Gasteiger partial charge in [0, 0.05) is 28.4 Å². The lowest BCUT2D eigenvalue weighted by molar-refractivity contribution is 0.509. The van der Waals surface area contributed by atoms with Crippen LogP contribution >= 0.6 is 11.3 Å². The fraction of sp³-hybridized carbons (Fsp3) is 0.500. The van der Waals surface area contributed by atoms with Crippen molar-refractivity contribution in [2.75, 3.05) is 5.73 Å². The van der Waals surface area contributed by atoms with E-state index in [1.807, 2.05) is 0 Å². The molecule has 0 aromatic carbocycles. The molecular weight excluding hydrogens is 242 g/mol. The Balaban J connectivity index is 2.50. The highest BCUT2D eigenvalue weighted by Crippen LogP contribution is 2.33. The van der Waals surface area contributed by atoms with E-state index in [9.17, 15) is 0 Å². The number of aryl methyl sites for hydroxylation is 2. The number of nitrogens with zero attached hydrogens (tertiary/aromatic N) is 2. The molecule has 98 valence electrons. The molecule has 2 rings (SSSR count). The maximum absolute atomic E-state index is 5.79. The molecule has 0 aliphatic heterocycles. The zero-order chi connectivity index (χ0) is 13.4. The molecule has 0 amide bonds. The van der Waals surface area contributed by atoms with Gasteiger partial charge in [-0.25, -0.2) is 4.98 Å². The van der Waals surface area contributed by atoms with Gasteiger partial charge in [0.2, 0.25) is 0 Å². The van der Waals surface area contributed by atoms with Gasteiger partial charge < -0.3 is 10.3 Å². The van der Waals surface area contributed by atoms with Crippen LogP contribution in [0, 0.1) is 26.7 Å². The molecule has 0 aliphatic rings. The quantitative estimate of drug-likeness (QED) is 0.916. The summed E-state index contributed by atoms with van der Waals surface area (Å²) < 4.78 is 2.37. The molecule has 0 radical (unpaired) electrons. The monoisotopic (exact) mass is 263 g/mol. The van der Waals surface area contributed by atoms with E-state index in [1.54, 1.807) is 11.3 Å². The van der Waals surface area contributed by atoms with Crippen LogP contribution in [-0.2, 0) is 6.54 Å². The molecule has 4 heteroatoms. The molecule has 2 N–H and O–H groups in total. The van der Waals surface area contributed by atoms with Crippen LogP contribution in [0.25, 0.3) is 11.3 Å². The summed E-state index contributed by atoms with van der Waals surface area (Å²) >= 11 is 1.56. The van der Waals surface area contributed by atoms with E-state index in [4.69, 9.17) is 5.73 Å². The number of nitrogens with two attached hydrogens (primary N) is 1. The minimum atomic E-state index is 0.643. The summed E-state index contributed by atoms with van der Waals surface area (Å²) in [5.74, 6) is 0.643. The van der Waals surface area contributed by atoms with Crippen LogP contribution in [0.4, 0.5) is 5.13 Å². The SMILES string of the molecule is Cc1sc(N)nc1-c1cc(C)n(CC(C)C)c1C. The van der Waals surface area contributed by atoms with Crippen LogP contribution < -0.4 is 5.73 Å². The Morgan fingerprint density at radius 3 is 2.50 bits per heavy atom. The standard InChI is InChI=1S/C14H21N3S/c1-8(2)7-17-9(3)6-12(10(17)4)13-11(5)18-14(15)16-13/h6,8H,7H2,1-5H3,(H2,15,16). The Bertz CT molecular complexity index is 564. The minimum absolute atomic E-state index is 0.643. The molecule has 0 bridgehead atoms. The lowest BCUT2D eigenvalue weighted by atomic mass is 10.1. The second kappa shape index (κ2) is 4.76. The van der Waals surface area contributed by atoms with Gasteiger partial charge >= 0.3 is 0 Å². The topological polar surface area (TPSA) is 43.8 Å². The van der Waals surface area contributed by atoms with Crippen LogP contribution in [0.5, 0.6) is 0 Å². The fourth-order valence-corrected chi connectivity index (χ4v) is 3.06. The van der Waals surface area contributed by atoms with Gasteiger partial charge in [0.15, 0.2) is 5.13 Å². The Kier molecular flexibility index (Phi) is 3.48. The Labute approximate surface area is 113 Å². The lowest BCUT2D eigenvalue weighted by Gasteiger charge is -2.12. The van der Waals surface area contributed by atoms with Crippen molar-refractivity contribution >= 4 is 16.5 Å². The Morgan fingerprint density at radius 1 is 1.33 bits per heavy atom. The number of hydrogen-bond donors (Lipinski definition) is 1. The van der Waals surface area contributed by atoms with Crippen molar-refractivity contribution in [1.29, 1.82) is 0 Å². The highest BCUT2D eigenvalue weighted by atomic mass is 32.1. The van der Waals surface area contributed by atoms with E-state index >= 15 is 0 Å². The van der Waals surface area contributed by atoms with Gasteiger partial charge in [-0.1, -0.05) is 13.8 Å². The first-order chi connectivity index (χ1) is 8.40. The molecule has 0 fully saturated rings. The third kappa shape index (κ3) is 2.29. The highest BCUT2D eigenvalue weighted by Gasteiger charge is 2.16. The maximum Gasteiger partial charge on any atom is 0.180 e. The molecule has 3 nitrogen and oxygen atoms in total. The summed E-state index contributed by atoms with van der Waals surface area (Å²) in [5, 5.41) is 0.649. The highest BCUT2D eigenvalue weighted by molar-refractivity contribution is 7.15. The largest absolute Gasteiger partial charge is 0.375 e. The first-order valence-corrected chi connectivity index (χ1v) is 7.11. The zero-order valence-electron chi connectivity index (χ0n) is 11.7. The number of thiazole rings is 1. The summed E-state index contributed by atoms with van der Waals surface area (Å²) in [6.45, 7) is 11.9. The molecule has 0 unspecified atom stereocenters. The van der Waals surface area contributed by atoms with E-state index in [0.29, 0.717) is 11.0 Å². The number of nitrogen functional groups attached to an aromatic ring is 1. The summed E-state index contributed by atoms with van der Waals surface area (Å²) in [7, 11) is 0. The first-order valence-electron chi connectivity index (χ1n) is 6.30. The Hall–Kier alpha value is -1.29. The molecular formula is C14H21N3S. The van der Waals surface area contributed by atoms with E-state index in [0.717, 1.165) is 12.2 Å². The van der Waals surface area contributed by atoms with Gasteiger partial charge in [0.05, 0.1) is 5.69 Å². The third-order valence-electron chi connectivity index (χ3n) is 3.19. The summed E-state index contributed by atoms with van der Waals surface area (Å²) in [4.78, 5) is 5.65. The predicted octanol–water partition coefficient (Wildman–Crippen LogP) is 3.78. The van der Waals surface area contributed by atoms with Crippen LogP contribution in [0.15, 0.2) is 6.07 Å². The lowest BCUT2D eigenvalue weighted by Crippen LogP contribution is -2.07. The number of anilines is 1. The molecule has 18 heavy (non-hydrogen) atoms. The predicted molar refractivity (Wildman–Crippen MR) is 79.0 cm³/mol. The summed E-state index contributed by atoms with van der Waals surface area (Å²) in [6.07, 6.45) is 0. The van der Waals surface area contributed by atoms with Gasteiger partial charge in [-0.3, -0.25) is 0 Å². The summed E-state index contributed by atoms with van der Waals surface area (Å²) in [5.41, 5.74) is 10.6. The van der Waals surface area contributed by atoms with Crippen molar-refractivity contribution in [3.63, 3.8) is 0 Å². The van der Waals surface area contributed by atoms with Crippen LogP contribution in [0.1, 0.15) is 30.1 Å². The molecule has 2 heterocycles. The minimum Gasteiger partial charge on any atom is -0.375 e. The normalized spacial score (nSPS) is 11.4. The van der Waals surface area contributed by atoms with Crippen LogP contribution in [0.3, 0.4) is 0 Å². The molecule has 0 saturated carbocycles. The van der Waals surface area contributed by atoms with Gasteiger partial charge in [-0.05, 0) is 32.8 Å². The molecule has 0 saturated heterocycles. The molecule has 0 aliphatic carbocycles. The molecule has 2 aromatic heterocycles. The molecule has 0 spiro atoms. The van der Waals surface area contributed by atoms with Gasteiger partial charge in [-0.2, -0.15) is 0 Å². The van der Waals surface area contributed by atoms with Crippen molar-refractivity contribution in [3.05, 3.63) is 22.3 Å².